The summed E-state index contributed by atoms with van der Waals surface area (Å²) in [5.74, 6) is 6.56. The van der Waals surface area contributed by atoms with Crippen molar-refractivity contribution >= 4 is 17.5 Å². The molecule has 196 valence electrons. The molecule has 0 aromatic heterocycles. The summed E-state index contributed by atoms with van der Waals surface area (Å²) in [6.45, 7) is 0.429. The van der Waals surface area contributed by atoms with Crippen LogP contribution in [0.2, 0.25) is 0 Å². The van der Waals surface area contributed by atoms with Crippen LogP contribution in [0.4, 0.5) is 5.69 Å². The summed E-state index contributed by atoms with van der Waals surface area (Å²) < 4.78 is 17.4. The van der Waals surface area contributed by atoms with Crippen molar-refractivity contribution < 1.29 is 24.1 Å². The van der Waals surface area contributed by atoms with E-state index < -0.39 is 17.6 Å². The van der Waals surface area contributed by atoms with Crippen LogP contribution < -0.4 is 20.7 Å². The average Bonchev–Trinajstić information content (AvgIpc) is 3.34. The van der Waals surface area contributed by atoms with Crippen molar-refractivity contribution in [1.82, 2.24) is 5.43 Å². The molecule has 0 fully saturated rings. The normalized spacial score (nSPS) is 18.1. The van der Waals surface area contributed by atoms with Gasteiger partial charge in [-0.1, -0.05) is 41.5 Å². The highest BCUT2D eigenvalue weighted by Crippen LogP contribution is 2.44. The molecule has 1 aliphatic heterocycles. The van der Waals surface area contributed by atoms with E-state index in [4.69, 9.17) is 35.7 Å². The Kier molecular flexibility index (Phi) is 8.44. The molecule has 1 amide bonds. The van der Waals surface area contributed by atoms with Crippen LogP contribution in [-0.4, -0.2) is 42.8 Å². The number of azide groups is 1. The van der Waals surface area contributed by atoms with Crippen LogP contribution in [0.3, 0.4) is 0 Å². The van der Waals surface area contributed by atoms with E-state index in [0.29, 0.717) is 46.9 Å². The van der Waals surface area contributed by atoms with Gasteiger partial charge in [0.25, 0.3) is 5.91 Å². The van der Waals surface area contributed by atoms with Gasteiger partial charge in [-0.2, -0.15) is 0 Å². The lowest BCUT2D eigenvalue weighted by Gasteiger charge is -2.30. The molecule has 0 saturated heterocycles. The number of nitrogens with two attached hydrogens (primary N) is 1. The fraction of sp³-hybridized carbons (Fsp3) is 0.259. The standard InChI is InChI=1S/C27H28N6O5/c1-36-22-8-4-7-19(16-22)24-27(26(35)31-28,17-20-6-2-3-9-23(20)32-33-29)30-25(38-24)18-10-12-21(13-11-18)37-15-5-14-34/h2-4,6-13,16,24,34H,5,14-15,17,28H2,1H3,(H,31,35)/t24-,27-/m0/s1. The Balaban J connectivity index is 1.81. The number of nitrogens with one attached hydrogen (secondary N) is 1. The number of rotatable bonds is 11. The summed E-state index contributed by atoms with van der Waals surface area (Å²) >= 11 is 0. The minimum Gasteiger partial charge on any atom is -0.497 e. The summed E-state index contributed by atoms with van der Waals surface area (Å²) in [4.78, 5) is 21.3. The number of methoxy groups -OCH3 is 1. The van der Waals surface area contributed by atoms with Gasteiger partial charge in [-0.3, -0.25) is 10.2 Å². The van der Waals surface area contributed by atoms with Crippen molar-refractivity contribution in [3.63, 3.8) is 0 Å². The summed E-state index contributed by atoms with van der Waals surface area (Å²) in [7, 11) is 1.55. The number of ether oxygens (including phenoxy) is 3. The van der Waals surface area contributed by atoms with Crippen molar-refractivity contribution in [1.29, 1.82) is 0 Å². The van der Waals surface area contributed by atoms with E-state index in [2.05, 4.69) is 15.5 Å². The first-order valence-electron chi connectivity index (χ1n) is 11.9. The van der Waals surface area contributed by atoms with Crippen molar-refractivity contribution in [2.75, 3.05) is 20.3 Å². The maximum absolute atomic E-state index is 13.5. The molecule has 0 saturated carbocycles. The minimum absolute atomic E-state index is 0.0406. The molecule has 1 aliphatic rings. The van der Waals surface area contributed by atoms with E-state index in [1.807, 2.05) is 6.07 Å². The van der Waals surface area contributed by atoms with Crippen LogP contribution in [0.1, 0.15) is 29.2 Å². The van der Waals surface area contributed by atoms with Gasteiger partial charge in [-0.05, 0) is 53.1 Å². The number of carbonyl (C=O) groups excluding carboxylic acids is 1. The summed E-state index contributed by atoms with van der Waals surface area (Å²) in [6, 6.07) is 21.2. The van der Waals surface area contributed by atoms with E-state index in [1.165, 1.54) is 0 Å². The van der Waals surface area contributed by atoms with Gasteiger partial charge in [0, 0.05) is 35.6 Å². The molecule has 0 aliphatic carbocycles. The Morgan fingerprint density at radius 2 is 1.97 bits per heavy atom. The number of benzene rings is 3. The number of aliphatic hydroxyl groups excluding tert-OH is 1. The third-order valence-electron chi connectivity index (χ3n) is 6.16. The number of hydrazine groups is 1. The van der Waals surface area contributed by atoms with Crippen molar-refractivity contribution in [3.8, 4) is 11.5 Å². The first kappa shape index (κ1) is 26.5. The van der Waals surface area contributed by atoms with Crippen molar-refractivity contribution in [2.24, 2.45) is 15.9 Å². The zero-order chi connectivity index (χ0) is 27.0. The molecular weight excluding hydrogens is 488 g/mol. The monoisotopic (exact) mass is 516 g/mol. The van der Waals surface area contributed by atoms with E-state index in [9.17, 15) is 4.79 Å². The zero-order valence-corrected chi connectivity index (χ0v) is 20.8. The van der Waals surface area contributed by atoms with Crippen LogP contribution in [0, 0.1) is 0 Å². The molecule has 4 N–H and O–H groups in total. The second-order valence-corrected chi connectivity index (χ2v) is 8.53. The lowest BCUT2D eigenvalue weighted by Crippen LogP contribution is -2.52. The van der Waals surface area contributed by atoms with Gasteiger partial charge in [0.1, 0.15) is 11.5 Å². The second kappa shape index (κ2) is 12.1. The predicted octanol–water partition coefficient (Wildman–Crippen LogP) is 3.89. The van der Waals surface area contributed by atoms with Gasteiger partial charge in [-0.15, -0.1) is 0 Å². The van der Waals surface area contributed by atoms with Gasteiger partial charge < -0.3 is 19.3 Å². The smallest absolute Gasteiger partial charge is 0.266 e. The number of aliphatic imine (C=N–C) groups is 1. The first-order chi connectivity index (χ1) is 18.5. The number of hydrogen-bond acceptors (Lipinski definition) is 8. The Morgan fingerprint density at radius 3 is 2.68 bits per heavy atom. The number of hydrogen-bond donors (Lipinski definition) is 3. The largest absolute Gasteiger partial charge is 0.497 e. The van der Waals surface area contributed by atoms with E-state index in [1.54, 1.807) is 73.8 Å². The van der Waals surface area contributed by atoms with Gasteiger partial charge in [0.05, 0.1) is 13.7 Å². The molecule has 3 aromatic rings. The quantitative estimate of drug-likeness (QED) is 0.0665. The summed E-state index contributed by atoms with van der Waals surface area (Å²) in [5.41, 5.74) is 12.0. The highest BCUT2D eigenvalue weighted by atomic mass is 16.5. The van der Waals surface area contributed by atoms with Crippen LogP contribution in [0.5, 0.6) is 11.5 Å². The molecule has 11 heteroatoms. The van der Waals surface area contributed by atoms with Crippen molar-refractivity contribution in [3.05, 3.63) is 99.9 Å². The lowest BCUT2D eigenvalue weighted by molar-refractivity contribution is -0.129. The van der Waals surface area contributed by atoms with Gasteiger partial charge >= 0.3 is 0 Å². The maximum Gasteiger partial charge on any atom is 0.266 e. The first-order valence-corrected chi connectivity index (χ1v) is 11.9. The molecule has 0 spiro atoms. The summed E-state index contributed by atoms with van der Waals surface area (Å²) in [6.07, 6.45) is -0.317. The predicted molar refractivity (Wildman–Crippen MR) is 141 cm³/mol. The molecule has 0 bridgehead atoms. The Labute approximate surface area is 219 Å². The van der Waals surface area contributed by atoms with Crippen LogP contribution in [-0.2, 0) is 16.0 Å². The van der Waals surface area contributed by atoms with Crippen LogP contribution >= 0.6 is 0 Å². The fourth-order valence-corrected chi connectivity index (χ4v) is 4.31. The molecule has 38 heavy (non-hydrogen) atoms. The molecule has 2 atom stereocenters. The van der Waals surface area contributed by atoms with Crippen LogP contribution in [0.15, 0.2) is 82.9 Å². The second-order valence-electron chi connectivity index (χ2n) is 8.53. The molecule has 1 heterocycles. The Bertz CT molecular complexity index is 1360. The Hall–Kier alpha value is -4.57. The number of aliphatic hydroxyl groups is 1. The van der Waals surface area contributed by atoms with Crippen LogP contribution in [0.25, 0.3) is 10.4 Å². The third kappa shape index (κ3) is 5.55. The average molecular weight is 517 g/mol. The molecule has 4 rings (SSSR count). The molecular formula is C27H28N6O5. The van der Waals surface area contributed by atoms with Crippen molar-refractivity contribution in [2.45, 2.75) is 24.5 Å². The maximum atomic E-state index is 13.5. The zero-order valence-electron chi connectivity index (χ0n) is 20.8. The van der Waals surface area contributed by atoms with E-state index in [-0.39, 0.29) is 18.9 Å². The summed E-state index contributed by atoms with van der Waals surface area (Å²) in [5, 5.41) is 12.8. The van der Waals surface area contributed by atoms with E-state index in [0.717, 1.165) is 0 Å². The highest BCUT2D eigenvalue weighted by molar-refractivity contribution is 6.01. The van der Waals surface area contributed by atoms with Gasteiger partial charge in [0.15, 0.2) is 11.6 Å². The fourth-order valence-electron chi connectivity index (χ4n) is 4.31. The molecule has 0 unspecified atom stereocenters. The minimum atomic E-state index is -1.53. The molecule has 11 nitrogen and oxygen atoms in total. The Morgan fingerprint density at radius 1 is 1.18 bits per heavy atom. The lowest BCUT2D eigenvalue weighted by atomic mass is 9.81. The van der Waals surface area contributed by atoms with Gasteiger partial charge in [-0.25, -0.2) is 10.8 Å². The topological polar surface area (TPSA) is 164 Å². The highest BCUT2D eigenvalue weighted by Gasteiger charge is 2.53. The van der Waals surface area contributed by atoms with E-state index >= 15 is 0 Å². The third-order valence-corrected chi connectivity index (χ3v) is 6.16. The SMILES string of the molecule is COc1cccc([C@@H]2OC(c3ccc(OCCCO)cc3)=N[C@]2(Cc2ccccc2N=[N+]=[N-])C(=O)NN)c1. The van der Waals surface area contributed by atoms with Gasteiger partial charge in [0.2, 0.25) is 5.90 Å². The number of nitrogens with zero attached hydrogens (tertiary/aromatic N) is 4. The number of carbonyl (C=O) groups is 1. The molecule has 3 aromatic carbocycles. The molecule has 0 radical (unpaired) electrons. The number of amides is 1.